The highest BCUT2D eigenvalue weighted by Gasteiger charge is 2.46. The predicted octanol–water partition coefficient (Wildman–Crippen LogP) is 3.56. The highest BCUT2D eigenvalue weighted by molar-refractivity contribution is 6.13. The molecule has 0 amide bonds. The van der Waals surface area contributed by atoms with Gasteiger partial charge in [-0.1, -0.05) is 36.4 Å². The minimum Gasteiger partial charge on any atom is -0.468 e. The molecular formula is C18H20O3. The van der Waals surface area contributed by atoms with E-state index >= 15 is 0 Å². The van der Waals surface area contributed by atoms with Crippen molar-refractivity contribution in [2.45, 2.75) is 25.7 Å². The molecule has 0 radical (unpaired) electrons. The number of carbonyl (C=O) groups excluding carboxylic acids is 2. The molecule has 21 heavy (non-hydrogen) atoms. The van der Waals surface area contributed by atoms with Crippen LogP contribution in [0.4, 0.5) is 0 Å². The van der Waals surface area contributed by atoms with Crippen molar-refractivity contribution in [3.8, 4) is 0 Å². The second-order valence-corrected chi connectivity index (χ2v) is 5.30. The van der Waals surface area contributed by atoms with Crippen LogP contribution in [0.2, 0.25) is 0 Å². The zero-order valence-corrected chi connectivity index (χ0v) is 12.3. The lowest BCUT2D eigenvalue weighted by Crippen LogP contribution is -2.41. The van der Waals surface area contributed by atoms with Crippen LogP contribution in [0.15, 0.2) is 49.1 Å². The van der Waals surface area contributed by atoms with Crippen LogP contribution >= 0.6 is 0 Å². The molecule has 110 valence electrons. The number of benzene rings is 1. The number of carbonyl (C=O) groups is 2. The molecule has 0 N–H and O–H groups in total. The molecule has 3 nitrogen and oxygen atoms in total. The monoisotopic (exact) mass is 284 g/mol. The summed E-state index contributed by atoms with van der Waals surface area (Å²) in [6.45, 7) is 3.67. The van der Waals surface area contributed by atoms with Gasteiger partial charge in [-0.2, -0.15) is 0 Å². The SMILES string of the molecule is C=CCCC1(C(=O)OC)CCC(c2ccccc2)=CC1=O. The Balaban J connectivity index is 2.32. The van der Waals surface area contributed by atoms with Crippen LogP contribution in [-0.2, 0) is 14.3 Å². The average Bonchev–Trinajstić information content (AvgIpc) is 2.54. The van der Waals surface area contributed by atoms with Gasteiger partial charge in [-0.15, -0.1) is 6.58 Å². The fourth-order valence-electron chi connectivity index (χ4n) is 2.82. The lowest BCUT2D eigenvalue weighted by atomic mass is 9.70. The quantitative estimate of drug-likeness (QED) is 0.472. The summed E-state index contributed by atoms with van der Waals surface area (Å²) in [5.74, 6) is -0.584. The molecule has 0 saturated carbocycles. The van der Waals surface area contributed by atoms with Crippen LogP contribution in [0.3, 0.4) is 0 Å². The molecule has 1 aliphatic carbocycles. The smallest absolute Gasteiger partial charge is 0.319 e. The third kappa shape index (κ3) is 2.97. The number of allylic oxidation sites excluding steroid dienone is 3. The maximum absolute atomic E-state index is 12.6. The minimum absolute atomic E-state index is 0.152. The molecule has 0 fully saturated rings. The first-order chi connectivity index (χ1) is 10.1. The van der Waals surface area contributed by atoms with Gasteiger partial charge in [0.2, 0.25) is 0 Å². The van der Waals surface area contributed by atoms with E-state index in [9.17, 15) is 9.59 Å². The van der Waals surface area contributed by atoms with Gasteiger partial charge in [0.05, 0.1) is 7.11 Å². The third-order valence-corrected chi connectivity index (χ3v) is 4.09. The number of rotatable bonds is 5. The zero-order valence-electron chi connectivity index (χ0n) is 12.3. The van der Waals surface area contributed by atoms with E-state index in [4.69, 9.17) is 4.74 Å². The van der Waals surface area contributed by atoms with Crippen molar-refractivity contribution in [2.24, 2.45) is 5.41 Å². The number of hydrogen-bond acceptors (Lipinski definition) is 3. The molecule has 0 aromatic heterocycles. The summed E-state index contributed by atoms with van der Waals surface area (Å²) < 4.78 is 4.88. The van der Waals surface area contributed by atoms with E-state index in [1.54, 1.807) is 12.2 Å². The van der Waals surface area contributed by atoms with Crippen molar-refractivity contribution in [1.29, 1.82) is 0 Å². The van der Waals surface area contributed by atoms with Gasteiger partial charge in [0.15, 0.2) is 5.78 Å². The average molecular weight is 284 g/mol. The third-order valence-electron chi connectivity index (χ3n) is 4.09. The molecular weight excluding hydrogens is 264 g/mol. The number of ether oxygens (including phenoxy) is 1. The Bertz CT molecular complexity index is 571. The summed E-state index contributed by atoms with van der Waals surface area (Å²) in [5, 5.41) is 0. The highest BCUT2D eigenvalue weighted by atomic mass is 16.5. The maximum Gasteiger partial charge on any atom is 0.319 e. The molecule has 1 atom stereocenters. The number of methoxy groups -OCH3 is 1. The van der Waals surface area contributed by atoms with Gasteiger partial charge in [-0.3, -0.25) is 9.59 Å². The Morgan fingerprint density at radius 3 is 2.67 bits per heavy atom. The van der Waals surface area contributed by atoms with E-state index in [2.05, 4.69) is 6.58 Å². The van der Waals surface area contributed by atoms with E-state index in [1.165, 1.54) is 7.11 Å². The molecule has 0 bridgehead atoms. The summed E-state index contributed by atoms with van der Waals surface area (Å²) in [6, 6.07) is 9.79. The Kier molecular flexibility index (Phi) is 4.73. The second-order valence-electron chi connectivity index (χ2n) is 5.30. The molecule has 2 rings (SSSR count). The van der Waals surface area contributed by atoms with Gasteiger partial charge < -0.3 is 4.74 Å². The Hall–Kier alpha value is -2.16. The van der Waals surface area contributed by atoms with Crippen LogP contribution in [0.25, 0.3) is 5.57 Å². The van der Waals surface area contributed by atoms with E-state index in [0.717, 1.165) is 11.1 Å². The molecule has 1 unspecified atom stereocenters. The number of ketones is 1. The summed E-state index contributed by atoms with van der Waals surface area (Å²) in [5.41, 5.74) is 0.980. The lowest BCUT2D eigenvalue weighted by molar-refractivity contribution is -0.157. The van der Waals surface area contributed by atoms with Crippen LogP contribution < -0.4 is 0 Å². The van der Waals surface area contributed by atoms with Gasteiger partial charge >= 0.3 is 5.97 Å². The van der Waals surface area contributed by atoms with E-state index < -0.39 is 11.4 Å². The first-order valence-electron chi connectivity index (χ1n) is 7.14. The Morgan fingerprint density at radius 2 is 2.10 bits per heavy atom. The first-order valence-corrected chi connectivity index (χ1v) is 7.14. The fraction of sp³-hybridized carbons (Fsp3) is 0.333. The van der Waals surface area contributed by atoms with Crippen molar-refractivity contribution >= 4 is 17.3 Å². The van der Waals surface area contributed by atoms with E-state index in [1.807, 2.05) is 30.3 Å². The van der Waals surface area contributed by atoms with Crippen LogP contribution in [0.1, 0.15) is 31.2 Å². The summed E-state index contributed by atoms with van der Waals surface area (Å²) in [6.07, 6.45) is 5.61. The Labute approximate surface area is 125 Å². The van der Waals surface area contributed by atoms with Gasteiger partial charge in [0.25, 0.3) is 0 Å². The Morgan fingerprint density at radius 1 is 1.38 bits per heavy atom. The van der Waals surface area contributed by atoms with E-state index in [0.29, 0.717) is 25.7 Å². The van der Waals surface area contributed by atoms with Gasteiger partial charge in [-0.05, 0) is 42.9 Å². The van der Waals surface area contributed by atoms with Crippen molar-refractivity contribution < 1.29 is 14.3 Å². The normalized spacial score (nSPS) is 21.6. The molecule has 0 heterocycles. The summed E-state index contributed by atoms with van der Waals surface area (Å²) in [4.78, 5) is 24.7. The highest BCUT2D eigenvalue weighted by Crippen LogP contribution is 2.40. The van der Waals surface area contributed by atoms with Crippen LogP contribution in [0.5, 0.6) is 0 Å². The predicted molar refractivity (Wildman–Crippen MR) is 82.5 cm³/mol. The standard InChI is InChI=1S/C18H20O3/c1-3-4-11-18(17(20)21-2)12-10-15(13-16(18)19)14-8-6-5-7-9-14/h3,5-9,13H,1,4,10-12H2,2H3. The molecule has 0 aliphatic heterocycles. The van der Waals surface area contributed by atoms with Crippen LogP contribution in [0, 0.1) is 5.41 Å². The number of hydrogen-bond donors (Lipinski definition) is 0. The van der Waals surface area contributed by atoms with Gasteiger partial charge in [-0.25, -0.2) is 0 Å². The minimum atomic E-state index is -1.04. The van der Waals surface area contributed by atoms with Gasteiger partial charge in [0, 0.05) is 0 Å². The summed E-state index contributed by atoms with van der Waals surface area (Å²) >= 11 is 0. The molecule has 3 heteroatoms. The fourth-order valence-corrected chi connectivity index (χ4v) is 2.82. The zero-order chi connectivity index (χ0) is 15.3. The second kappa shape index (κ2) is 6.53. The first kappa shape index (κ1) is 15.2. The summed E-state index contributed by atoms with van der Waals surface area (Å²) in [7, 11) is 1.34. The van der Waals surface area contributed by atoms with Gasteiger partial charge in [0.1, 0.15) is 5.41 Å². The maximum atomic E-state index is 12.6. The molecule has 1 aliphatic rings. The molecule has 1 aromatic carbocycles. The van der Waals surface area contributed by atoms with Crippen molar-refractivity contribution in [2.75, 3.05) is 7.11 Å². The van der Waals surface area contributed by atoms with Crippen LogP contribution in [-0.4, -0.2) is 18.9 Å². The van der Waals surface area contributed by atoms with E-state index in [-0.39, 0.29) is 5.78 Å². The van der Waals surface area contributed by atoms with Crippen molar-refractivity contribution in [3.05, 3.63) is 54.6 Å². The topological polar surface area (TPSA) is 43.4 Å². The largest absolute Gasteiger partial charge is 0.468 e. The van der Waals surface area contributed by atoms with Crippen molar-refractivity contribution in [1.82, 2.24) is 0 Å². The molecule has 0 spiro atoms. The molecule has 1 aromatic rings. The number of esters is 1. The molecule has 0 saturated heterocycles. The lowest BCUT2D eigenvalue weighted by Gasteiger charge is -2.32. The van der Waals surface area contributed by atoms with Crippen molar-refractivity contribution in [3.63, 3.8) is 0 Å².